The summed E-state index contributed by atoms with van der Waals surface area (Å²) >= 11 is 0. The Bertz CT molecular complexity index is 584. The molecule has 1 aliphatic rings. The number of hydrogen-bond acceptors (Lipinski definition) is 6. The number of morpholine rings is 1. The number of anilines is 1. The standard InChI is InChI=1S/C14H17FN4O2/c15-12-4-2-1-3-11(12)13-17-18-14(21-13)16-5-6-19-7-9-20-10-8-19/h1-4H,5-10H2,(H,16,18). The maximum atomic E-state index is 13.6. The first kappa shape index (κ1) is 14.0. The van der Waals surface area contributed by atoms with Crippen molar-refractivity contribution in [2.75, 3.05) is 44.7 Å². The lowest BCUT2D eigenvalue weighted by atomic mass is 10.2. The van der Waals surface area contributed by atoms with E-state index in [1.807, 2.05) is 0 Å². The van der Waals surface area contributed by atoms with E-state index in [0.717, 1.165) is 32.8 Å². The molecular formula is C14H17FN4O2. The Hall–Kier alpha value is -1.99. The van der Waals surface area contributed by atoms with Crippen molar-refractivity contribution in [2.24, 2.45) is 0 Å². The summed E-state index contributed by atoms with van der Waals surface area (Å²) in [5, 5.41) is 10.8. The molecule has 2 heterocycles. The Labute approximate surface area is 121 Å². The molecule has 0 bridgehead atoms. The van der Waals surface area contributed by atoms with Crippen molar-refractivity contribution in [1.29, 1.82) is 0 Å². The van der Waals surface area contributed by atoms with Gasteiger partial charge in [-0.1, -0.05) is 17.2 Å². The van der Waals surface area contributed by atoms with Crippen LogP contribution in [0.5, 0.6) is 0 Å². The van der Waals surface area contributed by atoms with Crippen LogP contribution in [0.2, 0.25) is 0 Å². The lowest BCUT2D eigenvalue weighted by Crippen LogP contribution is -2.39. The molecule has 0 unspecified atom stereocenters. The monoisotopic (exact) mass is 292 g/mol. The predicted octanol–water partition coefficient (Wildman–Crippen LogP) is 1.62. The molecule has 21 heavy (non-hydrogen) atoms. The lowest BCUT2D eigenvalue weighted by Gasteiger charge is -2.26. The molecular weight excluding hydrogens is 275 g/mol. The molecule has 6 nitrogen and oxygen atoms in total. The fourth-order valence-electron chi connectivity index (χ4n) is 2.18. The van der Waals surface area contributed by atoms with Crippen molar-refractivity contribution in [2.45, 2.75) is 0 Å². The number of hydrogen-bond donors (Lipinski definition) is 1. The van der Waals surface area contributed by atoms with E-state index in [2.05, 4.69) is 20.4 Å². The molecule has 112 valence electrons. The summed E-state index contributed by atoms with van der Waals surface area (Å²) in [5.41, 5.74) is 0.311. The van der Waals surface area contributed by atoms with Gasteiger partial charge in [0.15, 0.2) is 0 Å². The Morgan fingerprint density at radius 2 is 2.00 bits per heavy atom. The molecule has 2 aromatic rings. The van der Waals surface area contributed by atoms with E-state index in [1.165, 1.54) is 6.07 Å². The average Bonchev–Trinajstić information content (AvgIpc) is 2.97. The first-order valence-electron chi connectivity index (χ1n) is 6.95. The summed E-state index contributed by atoms with van der Waals surface area (Å²) in [6, 6.07) is 6.64. The average molecular weight is 292 g/mol. The minimum Gasteiger partial charge on any atom is -0.403 e. The molecule has 1 fully saturated rings. The topological polar surface area (TPSA) is 63.4 Å². The van der Waals surface area contributed by atoms with Gasteiger partial charge in [-0.15, -0.1) is 5.10 Å². The predicted molar refractivity (Wildman–Crippen MR) is 75.4 cm³/mol. The summed E-state index contributed by atoms with van der Waals surface area (Å²) in [5.74, 6) is -0.192. The third-order valence-electron chi connectivity index (χ3n) is 3.34. The van der Waals surface area contributed by atoms with E-state index in [9.17, 15) is 4.39 Å². The molecule has 0 saturated carbocycles. The van der Waals surface area contributed by atoms with Crippen molar-refractivity contribution in [3.05, 3.63) is 30.1 Å². The summed E-state index contributed by atoms with van der Waals surface area (Å²) in [6.07, 6.45) is 0. The number of nitrogens with zero attached hydrogens (tertiary/aromatic N) is 3. The van der Waals surface area contributed by atoms with Crippen LogP contribution < -0.4 is 5.32 Å². The van der Waals surface area contributed by atoms with Crippen LogP contribution in [0.4, 0.5) is 10.4 Å². The lowest BCUT2D eigenvalue weighted by molar-refractivity contribution is 0.0398. The fourth-order valence-corrected chi connectivity index (χ4v) is 2.18. The van der Waals surface area contributed by atoms with Crippen molar-refractivity contribution in [1.82, 2.24) is 15.1 Å². The van der Waals surface area contributed by atoms with E-state index in [0.29, 0.717) is 18.1 Å². The van der Waals surface area contributed by atoms with Crippen LogP contribution in [0.15, 0.2) is 28.7 Å². The fraction of sp³-hybridized carbons (Fsp3) is 0.429. The van der Waals surface area contributed by atoms with Crippen LogP contribution in [0.3, 0.4) is 0 Å². The van der Waals surface area contributed by atoms with E-state index in [1.54, 1.807) is 18.2 Å². The number of aromatic nitrogens is 2. The summed E-state index contributed by atoms with van der Waals surface area (Å²) < 4.78 is 24.3. The van der Waals surface area contributed by atoms with E-state index in [-0.39, 0.29) is 11.7 Å². The number of rotatable bonds is 5. The quantitative estimate of drug-likeness (QED) is 0.903. The zero-order chi connectivity index (χ0) is 14.5. The number of benzene rings is 1. The second-order valence-corrected chi connectivity index (χ2v) is 4.77. The van der Waals surface area contributed by atoms with Crippen LogP contribution in [-0.2, 0) is 4.74 Å². The van der Waals surface area contributed by atoms with Crippen molar-refractivity contribution in [3.63, 3.8) is 0 Å². The summed E-state index contributed by atoms with van der Waals surface area (Å²) in [7, 11) is 0. The molecule has 0 atom stereocenters. The van der Waals surface area contributed by atoms with Crippen molar-refractivity contribution < 1.29 is 13.5 Å². The van der Waals surface area contributed by atoms with Gasteiger partial charge in [0.2, 0.25) is 0 Å². The van der Waals surface area contributed by atoms with Gasteiger partial charge in [-0.3, -0.25) is 4.90 Å². The van der Waals surface area contributed by atoms with E-state index < -0.39 is 0 Å². The highest BCUT2D eigenvalue weighted by molar-refractivity contribution is 5.54. The molecule has 0 spiro atoms. The van der Waals surface area contributed by atoms with E-state index in [4.69, 9.17) is 9.15 Å². The molecule has 0 amide bonds. The highest BCUT2D eigenvalue weighted by Gasteiger charge is 2.13. The molecule has 1 N–H and O–H groups in total. The number of halogens is 1. The Morgan fingerprint density at radius 1 is 1.19 bits per heavy atom. The minimum atomic E-state index is -0.374. The first-order valence-corrected chi connectivity index (χ1v) is 6.95. The van der Waals surface area contributed by atoms with Gasteiger partial charge in [-0.2, -0.15) is 0 Å². The van der Waals surface area contributed by atoms with Crippen LogP contribution in [0, 0.1) is 5.82 Å². The maximum absolute atomic E-state index is 13.6. The molecule has 1 aromatic heterocycles. The Kier molecular flexibility index (Phi) is 4.42. The molecule has 0 aliphatic carbocycles. The second-order valence-electron chi connectivity index (χ2n) is 4.77. The van der Waals surface area contributed by atoms with Gasteiger partial charge in [-0.25, -0.2) is 4.39 Å². The molecule has 1 aliphatic heterocycles. The highest BCUT2D eigenvalue weighted by atomic mass is 19.1. The van der Waals surface area contributed by atoms with Gasteiger partial charge in [-0.05, 0) is 12.1 Å². The number of ether oxygens (including phenoxy) is 1. The Balaban J connectivity index is 1.54. The molecule has 1 saturated heterocycles. The van der Waals surface area contributed by atoms with Gasteiger partial charge in [0.1, 0.15) is 5.82 Å². The van der Waals surface area contributed by atoms with Crippen LogP contribution in [0.25, 0.3) is 11.5 Å². The first-order chi connectivity index (χ1) is 10.3. The minimum absolute atomic E-state index is 0.182. The van der Waals surface area contributed by atoms with Crippen molar-refractivity contribution in [3.8, 4) is 11.5 Å². The van der Waals surface area contributed by atoms with Crippen LogP contribution in [-0.4, -0.2) is 54.5 Å². The zero-order valence-electron chi connectivity index (χ0n) is 11.6. The smallest absolute Gasteiger partial charge is 0.315 e. The summed E-state index contributed by atoms with van der Waals surface area (Å²) in [4.78, 5) is 2.30. The largest absolute Gasteiger partial charge is 0.403 e. The van der Waals surface area contributed by atoms with Crippen molar-refractivity contribution >= 4 is 6.01 Å². The van der Waals surface area contributed by atoms with Gasteiger partial charge >= 0.3 is 6.01 Å². The SMILES string of the molecule is Fc1ccccc1-c1nnc(NCCN2CCOCC2)o1. The second kappa shape index (κ2) is 6.64. The molecule has 7 heteroatoms. The maximum Gasteiger partial charge on any atom is 0.315 e. The Morgan fingerprint density at radius 3 is 2.81 bits per heavy atom. The van der Waals surface area contributed by atoms with E-state index >= 15 is 0 Å². The molecule has 1 aromatic carbocycles. The molecule has 3 rings (SSSR count). The third kappa shape index (κ3) is 3.56. The van der Waals surface area contributed by atoms with Gasteiger partial charge in [0, 0.05) is 26.2 Å². The van der Waals surface area contributed by atoms with Crippen LogP contribution >= 0.6 is 0 Å². The normalized spacial score (nSPS) is 16.0. The van der Waals surface area contributed by atoms with Crippen LogP contribution in [0.1, 0.15) is 0 Å². The van der Waals surface area contributed by atoms with Gasteiger partial charge in [0.05, 0.1) is 18.8 Å². The summed E-state index contributed by atoms with van der Waals surface area (Å²) in [6.45, 7) is 4.99. The highest BCUT2D eigenvalue weighted by Crippen LogP contribution is 2.22. The zero-order valence-corrected chi connectivity index (χ0v) is 11.6. The van der Waals surface area contributed by atoms with Gasteiger partial charge in [0.25, 0.3) is 5.89 Å². The van der Waals surface area contributed by atoms with Gasteiger partial charge < -0.3 is 14.5 Å². The number of nitrogens with one attached hydrogen (secondary N) is 1. The molecule has 0 radical (unpaired) electrons. The third-order valence-corrected chi connectivity index (χ3v) is 3.34.